The molecule has 1 atom stereocenters. The fourth-order valence-electron chi connectivity index (χ4n) is 1.58. The second-order valence-electron chi connectivity index (χ2n) is 3.52. The highest BCUT2D eigenvalue weighted by molar-refractivity contribution is 5.03. The van der Waals surface area contributed by atoms with Crippen LogP contribution in [0.15, 0.2) is 18.6 Å². The molecule has 2 heterocycles. The van der Waals surface area contributed by atoms with Crippen LogP contribution >= 0.6 is 0 Å². The van der Waals surface area contributed by atoms with Crippen LogP contribution in [0.1, 0.15) is 18.7 Å². The first-order valence-corrected chi connectivity index (χ1v) is 4.53. The van der Waals surface area contributed by atoms with E-state index in [1.807, 2.05) is 6.20 Å². The molecule has 0 amide bonds. The van der Waals surface area contributed by atoms with Crippen LogP contribution in [0, 0.1) is 0 Å². The van der Waals surface area contributed by atoms with Gasteiger partial charge in [0.1, 0.15) is 0 Å². The number of hydrogen-bond acceptors (Lipinski definition) is 4. The monoisotopic (exact) mass is 178 g/mol. The number of likely N-dealkylation sites (tertiary alicyclic amines) is 1. The molecule has 2 N–H and O–H groups in total. The Morgan fingerprint density at radius 2 is 2.31 bits per heavy atom. The van der Waals surface area contributed by atoms with E-state index in [-0.39, 0.29) is 0 Å². The lowest BCUT2D eigenvalue weighted by Gasteiger charge is -2.40. The quantitative estimate of drug-likeness (QED) is 0.702. The maximum Gasteiger partial charge on any atom is 0.0755 e. The highest BCUT2D eigenvalue weighted by Gasteiger charge is 2.28. The van der Waals surface area contributed by atoms with Crippen molar-refractivity contribution in [2.45, 2.75) is 19.0 Å². The lowest BCUT2D eigenvalue weighted by molar-refractivity contribution is 0.101. The summed E-state index contributed by atoms with van der Waals surface area (Å²) in [5.41, 5.74) is 6.73. The molecular weight excluding hydrogens is 164 g/mol. The predicted octanol–water partition coefficient (Wildman–Crippen LogP) is 0.180. The SMILES string of the molecule is CC(c1cnccn1)N1CC(N)C1. The first-order valence-electron chi connectivity index (χ1n) is 4.53. The van der Waals surface area contributed by atoms with Crippen molar-refractivity contribution in [2.24, 2.45) is 5.73 Å². The molecule has 13 heavy (non-hydrogen) atoms. The van der Waals surface area contributed by atoms with Crippen molar-refractivity contribution in [1.29, 1.82) is 0 Å². The van der Waals surface area contributed by atoms with E-state index in [0.29, 0.717) is 12.1 Å². The second-order valence-corrected chi connectivity index (χ2v) is 3.52. The van der Waals surface area contributed by atoms with E-state index in [2.05, 4.69) is 21.8 Å². The van der Waals surface area contributed by atoms with Crippen molar-refractivity contribution >= 4 is 0 Å². The normalized spacial score (nSPS) is 21.1. The van der Waals surface area contributed by atoms with Crippen molar-refractivity contribution in [3.63, 3.8) is 0 Å². The summed E-state index contributed by atoms with van der Waals surface area (Å²) in [7, 11) is 0. The standard InChI is InChI=1S/C9H14N4/c1-7(13-5-8(10)6-13)9-4-11-2-3-12-9/h2-4,7-8H,5-6,10H2,1H3. The summed E-state index contributed by atoms with van der Waals surface area (Å²) in [4.78, 5) is 10.6. The molecule has 0 aliphatic carbocycles. The molecule has 0 spiro atoms. The van der Waals surface area contributed by atoms with Gasteiger partial charge in [0.25, 0.3) is 0 Å². The van der Waals surface area contributed by atoms with Crippen LogP contribution in [0.3, 0.4) is 0 Å². The number of hydrogen-bond donors (Lipinski definition) is 1. The molecule has 1 aromatic heterocycles. The Morgan fingerprint density at radius 1 is 1.54 bits per heavy atom. The van der Waals surface area contributed by atoms with Crippen LogP contribution in [0.4, 0.5) is 0 Å². The summed E-state index contributed by atoms with van der Waals surface area (Å²) >= 11 is 0. The Morgan fingerprint density at radius 3 is 2.85 bits per heavy atom. The highest BCUT2D eigenvalue weighted by Crippen LogP contribution is 2.21. The molecule has 1 unspecified atom stereocenters. The van der Waals surface area contributed by atoms with Gasteiger partial charge < -0.3 is 5.73 Å². The topological polar surface area (TPSA) is 55.0 Å². The molecule has 0 saturated carbocycles. The van der Waals surface area contributed by atoms with Crippen molar-refractivity contribution < 1.29 is 0 Å². The van der Waals surface area contributed by atoms with E-state index in [9.17, 15) is 0 Å². The predicted molar refractivity (Wildman–Crippen MR) is 50.0 cm³/mol. The van der Waals surface area contributed by atoms with E-state index in [1.54, 1.807) is 12.4 Å². The van der Waals surface area contributed by atoms with Gasteiger partial charge in [-0.15, -0.1) is 0 Å². The van der Waals surface area contributed by atoms with Gasteiger partial charge >= 0.3 is 0 Å². The lowest BCUT2D eigenvalue weighted by atomic mass is 10.1. The van der Waals surface area contributed by atoms with Gasteiger partial charge in [0, 0.05) is 37.7 Å². The molecule has 0 aromatic carbocycles. The minimum Gasteiger partial charge on any atom is -0.325 e. The molecule has 1 aromatic rings. The summed E-state index contributed by atoms with van der Waals surface area (Å²) in [6.45, 7) is 4.07. The summed E-state index contributed by atoms with van der Waals surface area (Å²) in [5, 5.41) is 0. The third-order valence-corrected chi connectivity index (χ3v) is 2.50. The van der Waals surface area contributed by atoms with Crippen LogP contribution in [0.5, 0.6) is 0 Å². The van der Waals surface area contributed by atoms with E-state index < -0.39 is 0 Å². The van der Waals surface area contributed by atoms with Gasteiger partial charge in [0.2, 0.25) is 0 Å². The van der Waals surface area contributed by atoms with E-state index >= 15 is 0 Å². The van der Waals surface area contributed by atoms with Crippen molar-refractivity contribution in [3.8, 4) is 0 Å². The van der Waals surface area contributed by atoms with Gasteiger partial charge in [-0.05, 0) is 6.92 Å². The molecule has 2 rings (SSSR count). The Bertz CT molecular complexity index is 268. The first kappa shape index (κ1) is 8.59. The summed E-state index contributed by atoms with van der Waals surface area (Å²) in [6.07, 6.45) is 5.23. The number of rotatable bonds is 2. The minimum absolute atomic E-state index is 0.341. The van der Waals surface area contributed by atoms with E-state index in [0.717, 1.165) is 18.8 Å². The largest absolute Gasteiger partial charge is 0.325 e. The maximum atomic E-state index is 5.71. The van der Waals surface area contributed by atoms with Gasteiger partial charge in [-0.2, -0.15) is 0 Å². The van der Waals surface area contributed by atoms with Crippen LogP contribution in [0.25, 0.3) is 0 Å². The molecule has 4 heteroatoms. The highest BCUT2D eigenvalue weighted by atomic mass is 15.2. The molecule has 1 saturated heterocycles. The molecule has 1 aliphatic rings. The van der Waals surface area contributed by atoms with Gasteiger partial charge in [0.15, 0.2) is 0 Å². The fraction of sp³-hybridized carbons (Fsp3) is 0.556. The zero-order chi connectivity index (χ0) is 9.26. The third kappa shape index (κ3) is 1.68. The average Bonchev–Trinajstić information content (AvgIpc) is 2.13. The summed E-state index contributed by atoms with van der Waals surface area (Å²) < 4.78 is 0. The van der Waals surface area contributed by atoms with Crippen molar-refractivity contribution in [2.75, 3.05) is 13.1 Å². The first-order chi connectivity index (χ1) is 6.27. The second kappa shape index (κ2) is 3.40. The molecule has 70 valence electrons. The summed E-state index contributed by atoms with van der Waals surface area (Å²) in [5.74, 6) is 0. The Hall–Kier alpha value is -1.00. The van der Waals surface area contributed by atoms with Crippen molar-refractivity contribution in [1.82, 2.24) is 14.9 Å². The van der Waals surface area contributed by atoms with Gasteiger partial charge in [-0.3, -0.25) is 14.9 Å². The molecule has 4 nitrogen and oxygen atoms in total. The molecule has 1 aliphatic heterocycles. The Labute approximate surface area is 77.8 Å². The van der Waals surface area contributed by atoms with Gasteiger partial charge in [-0.25, -0.2) is 0 Å². The Kier molecular flexibility index (Phi) is 2.24. The van der Waals surface area contributed by atoms with E-state index in [1.165, 1.54) is 0 Å². The minimum atomic E-state index is 0.341. The smallest absolute Gasteiger partial charge is 0.0755 e. The molecule has 1 fully saturated rings. The number of nitrogens with zero attached hydrogens (tertiary/aromatic N) is 3. The molecule has 0 bridgehead atoms. The van der Waals surface area contributed by atoms with E-state index in [4.69, 9.17) is 5.73 Å². The van der Waals surface area contributed by atoms with Crippen LogP contribution in [-0.4, -0.2) is 34.0 Å². The van der Waals surface area contributed by atoms with Crippen LogP contribution in [-0.2, 0) is 0 Å². The van der Waals surface area contributed by atoms with Gasteiger partial charge in [-0.1, -0.05) is 0 Å². The number of nitrogens with two attached hydrogens (primary N) is 1. The average molecular weight is 178 g/mol. The third-order valence-electron chi connectivity index (χ3n) is 2.50. The fourth-order valence-corrected chi connectivity index (χ4v) is 1.58. The van der Waals surface area contributed by atoms with Crippen LogP contribution < -0.4 is 5.73 Å². The summed E-state index contributed by atoms with van der Waals surface area (Å²) in [6, 6.07) is 0.688. The zero-order valence-corrected chi connectivity index (χ0v) is 7.72. The zero-order valence-electron chi connectivity index (χ0n) is 7.72. The maximum absolute atomic E-state index is 5.71. The van der Waals surface area contributed by atoms with Gasteiger partial charge in [0.05, 0.1) is 11.7 Å². The van der Waals surface area contributed by atoms with Crippen LogP contribution in [0.2, 0.25) is 0 Å². The van der Waals surface area contributed by atoms with Crippen molar-refractivity contribution in [3.05, 3.63) is 24.3 Å². The number of aromatic nitrogens is 2. The molecular formula is C9H14N4. The lowest BCUT2D eigenvalue weighted by Crippen LogP contribution is -2.56. The Balaban J connectivity index is 2.02. The molecule has 0 radical (unpaired) electrons.